The summed E-state index contributed by atoms with van der Waals surface area (Å²) >= 11 is 0. The molecule has 5 nitrogen and oxygen atoms in total. The molecule has 21 heavy (non-hydrogen) atoms. The minimum atomic E-state index is -0.551. The van der Waals surface area contributed by atoms with Gasteiger partial charge in [-0.2, -0.15) is 5.26 Å². The molecule has 1 heterocycles. The van der Waals surface area contributed by atoms with Gasteiger partial charge in [-0.05, 0) is 43.0 Å². The highest BCUT2D eigenvalue weighted by Gasteiger charge is 2.14. The van der Waals surface area contributed by atoms with Crippen LogP contribution in [0, 0.1) is 17.2 Å². The maximum absolute atomic E-state index is 9.87. The number of nitrogens with one attached hydrogen (secondary N) is 1. The zero-order valence-electron chi connectivity index (χ0n) is 12.1. The third-order valence-electron chi connectivity index (χ3n) is 3.49. The highest BCUT2D eigenvalue weighted by atomic mass is 16.5. The van der Waals surface area contributed by atoms with E-state index in [1.165, 1.54) is 6.42 Å². The summed E-state index contributed by atoms with van der Waals surface area (Å²) < 4.78 is 10.9. The lowest BCUT2D eigenvalue weighted by atomic mass is 10.0. The van der Waals surface area contributed by atoms with Crippen LogP contribution in [0.3, 0.4) is 0 Å². The quantitative estimate of drug-likeness (QED) is 0.792. The normalized spacial score (nSPS) is 19.7. The number of nitriles is 1. The molecule has 0 bridgehead atoms. The first kappa shape index (κ1) is 15.8. The molecule has 0 aliphatic carbocycles. The first-order chi connectivity index (χ1) is 10.3. The Morgan fingerprint density at radius 1 is 1.43 bits per heavy atom. The predicted octanol–water partition coefficient (Wildman–Crippen LogP) is 1.31. The Morgan fingerprint density at radius 2 is 2.24 bits per heavy atom. The maximum Gasteiger partial charge on any atom is 0.119 e. The van der Waals surface area contributed by atoms with Gasteiger partial charge in [-0.3, -0.25) is 0 Å². The van der Waals surface area contributed by atoms with E-state index in [2.05, 4.69) is 11.4 Å². The van der Waals surface area contributed by atoms with Crippen LogP contribution in [-0.4, -0.2) is 44.1 Å². The third kappa shape index (κ3) is 5.72. The van der Waals surface area contributed by atoms with Crippen LogP contribution in [0.1, 0.15) is 18.4 Å². The van der Waals surface area contributed by atoms with Crippen molar-refractivity contribution in [2.45, 2.75) is 18.9 Å². The second-order valence-electron chi connectivity index (χ2n) is 5.34. The molecule has 1 aromatic carbocycles. The van der Waals surface area contributed by atoms with Crippen molar-refractivity contribution in [3.8, 4) is 11.8 Å². The molecule has 0 amide bonds. The SMILES string of the molecule is N#Cc1ccc(OCC(O)CNCC2CCCOC2)cc1. The van der Waals surface area contributed by atoms with Crippen LogP contribution in [0.25, 0.3) is 0 Å². The Morgan fingerprint density at radius 3 is 2.90 bits per heavy atom. The van der Waals surface area contributed by atoms with E-state index in [1.807, 2.05) is 0 Å². The molecule has 5 heteroatoms. The molecular weight excluding hydrogens is 268 g/mol. The molecule has 1 aliphatic heterocycles. The Hall–Kier alpha value is -1.61. The average Bonchev–Trinajstić information content (AvgIpc) is 2.54. The van der Waals surface area contributed by atoms with Gasteiger partial charge in [-0.1, -0.05) is 0 Å². The van der Waals surface area contributed by atoms with Gasteiger partial charge in [0.1, 0.15) is 18.5 Å². The van der Waals surface area contributed by atoms with Crippen molar-refractivity contribution in [1.29, 1.82) is 5.26 Å². The number of rotatable bonds is 7. The van der Waals surface area contributed by atoms with Gasteiger partial charge in [-0.25, -0.2) is 0 Å². The van der Waals surface area contributed by atoms with Gasteiger partial charge in [0.25, 0.3) is 0 Å². The topological polar surface area (TPSA) is 74.5 Å². The summed E-state index contributed by atoms with van der Waals surface area (Å²) in [6.45, 7) is 3.29. The molecule has 1 aromatic rings. The Kier molecular flexibility index (Phi) is 6.48. The highest BCUT2D eigenvalue weighted by molar-refractivity contribution is 5.34. The lowest BCUT2D eigenvalue weighted by Gasteiger charge is -2.23. The van der Waals surface area contributed by atoms with Crippen molar-refractivity contribution in [3.63, 3.8) is 0 Å². The minimum absolute atomic E-state index is 0.236. The largest absolute Gasteiger partial charge is 0.491 e. The van der Waals surface area contributed by atoms with Crippen LogP contribution in [-0.2, 0) is 4.74 Å². The number of hydrogen-bond acceptors (Lipinski definition) is 5. The molecule has 2 atom stereocenters. The van der Waals surface area contributed by atoms with Crippen LogP contribution < -0.4 is 10.1 Å². The van der Waals surface area contributed by atoms with E-state index in [9.17, 15) is 5.11 Å². The minimum Gasteiger partial charge on any atom is -0.491 e. The summed E-state index contributed by atoms with van der Waals surface area (Å²) in [5, 5.41) is 21.8. The van der Waals surface area contributed by atoms with E-state index in [1.54, 1.807) is 24.3 Å². The van der Waals surface area contributed by atoms with E-state index < -0.39 is 6.10 Å². The van der Waals surface area contributed by atoms with Gasteiger partial charge < -0.3 is 19.9 Å². The van der Waals surface area contributed by atoms with E-state index in [4.69, 9.17) is 14.7 Å². The van der Waals surface area contributed by atoms with Gasteiger partial charge in [0.15, 0.2) is 0 Å². The third-order valence-corrected chi connectivity index (χ3v) is 3.49. The maximum atomic E-state index is 9.87. The molecule has 1 fully saturated rings. The van der Waals surface area contributed by atoms with E-state index in [0.29, 0.717) is 23.8 Å². The molecule has 2 unspecified atom stereocenters. The summed E-state index contributed by atoms with van der Waals surface area (Å²) in [5.74, 6) is 1.21. The van der Waals surface area contributed by atoms with Crippen LogP contribution in [0.4, 0.5) is 0 Å². The highest BCUT2D eigenvalue weighted by Crippen LogP contribution is 2.13. The zero-order chi connectivity index (χ0) is 14.9. The first-order valence-corrected chi connectivity index (χ1v) is 7.37. The summed E-state index contributed by atoms with van der Waals surface area (Å²) in [4.78, 5) is 0. The van der Waals surface area contributed by atoms with Crippen molar-refractivity contribution < 1.29 is 14.6 Å². The summed E-state index contributed by atoms with van der Waals surface area (Å²) in [6, 6.07) is 8.92. The van der Waals surface area contributed by atoms with Crippen LogP contribution in [0.15, 0.2) is 24.3 Å². The summed E-state index contributed by atoms with van der Waals surface area (Å²) in [5.41, 5.74) is 0.597. The van der Waals surface area contributed by atoms with Gasteiger partial charge in [0.05, 0.1) is 18.2 Å². The molecule has 1 aliphatic rings. The standard InChI is InChI=1S/C16H22N2O3/c17-8-13-3-5-16(6-4-13)21-12-15(19)10-18-9-14-2-1-7-20-11-14/h3-6,14-15,18-19H,1-2,7,9-12H2. The molecule has 114 valence electrons. The lowest BCUT2D eigenvalue weighted by Crippen LogP contribution is -2.36. The number of aliphatic hydroxyl groups is 1. The van der Waals surface area contributed by atoms with Crippen LogP contribution >= 0.6 is 0 Å². The molecule has 2 N–H and O–H groups in total. The fourth-order valence-corrected chi connectivity index (χ4v) is 2.30. The second kappa shape index (κ2) is 8.63. The molecule has 1 saturated heterocycles. The molecule has 2 rings (SSSR count). The fourth-order valence-electron chi connectivity index (χ4n) is 2.30. The van der Waals surface area contributed by atoms with Gasteiger partial charge in [-0.15, -0.1) is 0 Å². The predicted molar refractivity (Wildman–Crippen MR) is 79.1 cm³/mol. The molecule has 0 spiro atoms. The number of nitrogens with zero attached hydrogens (tertiary/aromatic N) is 1. The fraction of sp³-hybridized carbons (Fsp3) is 0.562. The van der Waals surface area contributed by atoms with Crippen molar-refractivity contribution in [3.05, 3.63) is 29.8 Å². The van der Waals surface area contributed by atoms with Crippen molar-refractivity contribution in [2.24, 2.45) is 5.92 Å². The van der Waals surface area contributed by atoms with Gasteiger partial charge in [0, 0.05) is 19.7 Å². The second-order valence-corrected chi connectivity index (χ2v) is 5.34. The van der Waals surface area contributed by atoms with E-state index in [0.717, 1.165) is 26.2 Å². The monoisotopic (exact) mass is 290 g/mol. The Bertz CT molecular complexity index is 450. The smallest absolute Gasteiger partial charge is 0.119 e. The Labute approximate surface area is 125 Å². The summed E-state index contributed by atoms with van der Waals surface area (Å²) in [6.07, 6.45) is 1.76. The van der Waals surface area contributed by atoms with Crippen molar-refractivity contribution >= 4 is 0 Å². The van der Waals surface area contributed by atoms with Gasteiger partial charge >= 0.3 is 0 Å². The van der Waals surface area contributed by atoms with Crippen molar-refractivity contribution in [2.75, 3.05) is 32.9 Å². The number of ether oxygens (including phenoxy) is 2. The zero-order valence-corrected chi connectivity index (χ0v) is 12.1. The van der Waals surface area contributed by atoms with Crippen molar-refractivity contribution in [1.82, 2.24) is 5.32 Å². The van der Waals surface area contributed by atoms with E-state index >= 15 is 0 Å². The molecular formula is C16H22N2O3. The number of aliphatic hydroxyl groups excluding tert-OH is 1. The summed E-state index contributed by atoms with van der Waals surface area (Å²) in [7, 11) is 0. The molecule has 0 saturated carbocycles. The number of hydrogen-bond donors (Lipinski definition) is 2. The van der Waals surface area contributed by atoms with Crippen LogP contribution in [0.5, 0.6) is 5.75 Å². The van der Waals surface area contributed by atoms with E-state index in [-0.39, 0.29) is 6.61 Å². The number of benzene rings is 1. The lowest BCUT2D eigenvalue weighted by molar-refractivity contribution is 0.0516. The first-order valence-electron chi connectivity index (χ1n) is 7.37. The Balaban J connectivity index is 1.60. The van der Waals surface area contributed by atoms with Gasteiger partial charge in [0.2, 0.25) is 0 Å². The molecule has 0 radical (unpaired) electrons. The van der Waals surface area contributed by atoms with Crippen LogP contribution in [0.2, 0.25) is 0 Å². The average molecular weight is 290 g/mol. The molecule has 0 aromatic heterocycles.